The van der Waals surface area contributed by atoms with Crippen molar-refractivity contribution in [1.82, 2.24) is 4.98 Å². The Hall–Kier alpha value is -3.49. The highest BCUT2D eigenvalue weighted by Gasteiger charge is 2.29. The third-order valence-corrected chi connectivity index (χ3v) is 4.37. The first-order valence-corrected chi connectivity index (χ1v) is 9.29. The molecule has 3 aromatic rings. The Kier molecular flexibility index (Phi) is 6.84. The number of ether oxygens (including phenoxy) is 3. The molecule has 0 radical (unpaired) electrons. The molecular formula is C22H20F3NO5. The Balaban J connectivity index is 1.71. The largest absolute Gasteiger partial charge is 0.496 e. The van der Waals surface area contributed by atoms with Crippen molar-refractivity contribution in [2.45, 2.75) is 19.0 Å². The number of Topliss-reactive ketones (excluding diaryl/α,β-unsaturated/α-hetero) is 1. The number of aryl methyl sites for hydroxylation is 1. The van der Waals surface area contributed by atoms with E-state index in [2.05, 4.69) is 4.98 Å². The first-order chi connectivity index (χ1) is 14.8. The second-order valence-electron chi connectivity index (χ2n) is 6.54. The molecule has 0 amide bonds. The molecular weight excluding hydrogens is 415 g/mol. The van der Waals surface area contributed by atoms with E-state index in [-0.39, 0.29) is 29.6 Å². The molecule has 164 valence electrons. The van der Waals surface area contributed by atoms with Gasteiger partial charge in [-0.15, -0.1) is 0 Å². The van der Waals surface area contributed by atoms with Crippen molar-refractivity contribution in [3.8, 4) is 28.7 Å². The van der Waals surface area contributed by atoms with E-state index in [1.54, 1.807) is 30.3 Å². The van der Waals surface area contributed by atoms with Crippen LogP contribution in [-0.2, 0) is 6.42 Å². The first kappa shape index (κ1) is 22.2. The fourth-order valence-electron chi connectivity index (χ4n) is 2.89. The number of para-hydroxylation sites is 1. The number of alkyl halides is 3. The molecule has 1 aromatic heterocycles. The summed E-state index contributed by atoms with van der Waals surface area (Å²) in [4.78, 5) is 16.8. The highest BCUT2D eigenvalue weighted by molar-refractivity contribution is 5.98. The average Bonchev–Trinajstić information content (AvgIpc) is 3.24. The van der Waals surface area contributed by atoms with Crippen molar-refractivity contribution in [1.29, 1.82) is 0 Å². The van der Waals surface area contributed by atoms with Crippen molar-refractivity contribution < 1.29 is 36.6 Å². The fraction of sp³-hybridized carbons (Fsp3) is 0.273. The maximum absolute atomic E-state index is 12.5. The predicted molar refractivity (Wildman–Crippen MR) is 106 cm³/mol. The van der Waals surface area contributed by atoms with Crippen LogP contribution in [0.1, 0.15) is 22.5 Å². The Morgan fingerprint density at radius 2 is 1.77 bits per heavy atom. The van der Waals surface area contributed by atoms with Crippen molar-refractivity contribution >= 4 is 5.78 Å². The molecule has 0 bridgehead atoms. The van der Waals surface area contributed by atoms with Gasteiger partial charge in [0.1, 0.15) is 12.0 Å². The summed E-state index contributed by atoms with van der Waals surface area (Å²) in [5.74, 6) is 0.664. The van der Waals surface area contributed by atoms with Gasteiger partial charge in [0.25, 0.3) is 0 Å². The van der Waals surface area contributed by atoms with Gasteiger partial charge >= 0.3 is 6.18 Å². The van der Waals surface area contributed by atoms with Gasteiger partial charge in [0.15, 0.2) is 23.9 Å². The lowest BCUT2D eigenvalue weighted by atomic mass is 10.0. The molecule has 0 fully saturated rings. The van der Waals surface area contributed by atoms with E-state index in [1.165, 1.54) is 32.6 Å². The van der Waals surface area contributed by atoms with Crippen LogP contribution in [0.2, 0.25) is 0 Å². The Bertz CT molecular complexity index is 1050. The number of aromatic nitrogens is 1. The van der Waals surface area contributed by atoms with E-state index >= 15 is 0 Å². The summed E-state index contributed by atoms with van der Waals surface area (Å²) in [7, 11) is 2.83. The van der Waals surface area contributed by atoms with Gasteiger partial charge in [0.05, 0.1) is 25.5 Å². The molecule has 0 aliphatic heterocycles. The highest BCUT2D eigenvalue weighted by atomic mass is 19.4. The summed E-state index contributed by atoms with van der Waals surface area (Å²) >= 11 is 0. The van der Waals surface area contributed by atoms with E-state index in [4.69, 9.17) is 18.6 Å². The lowest BCUT2D eigenvalue weighted by Crippen LogP contribution is -2.19. The van der Waals surface area contributed by atoms with Gasteiger partial charge in [-0.1, -0.05) is 12.1 Å². The van der Waals surface area contributed by atoms with Gasteiger partial charge in [-0.3, -0.25) is 4.79 Å². The summed E-state index contributed by atoms with van der Waals surface area (Å²) in [6, 6.07) is 11.4. The molecule has 9 heteroatoms. The predicted octanol–water partition coefficient (Wildman–Crippen LogP) is 5.12. The number of carbonyl (C=O) groups is 1. The molecule has 1 heterocycles. The number of ketones is 1. The average molecular weight is 435 g/mol. The lowest BCUT2D eigenvalue weighted by Gasteiger charge is -2.13. The molecule has 2 aromatic carbocycles. The molecule has 6 nitrogen and oxygen atoms in total. The van der Waals surface area contributed by atoms with Gasteiger partial charge in [-0.2, -0.15) is 13.2 Å². The number of halogens is 3. The van der Waals surface area contributed by atoms with Crippen molar-refractivity contribution in [2.24, 2.45) is 0 Å². The monoisotopic (exact) mass is 435 g/mol. The number of methoxy groups -OCH3 is 2. The zero-order valence-corrected chi connectivity index (χ0v) is 16.9. The summed E-state index contributed by atoms with van der Waals surface area (Å²) < 4.78 is 58.0. The minimum Gasteiger partial charge on any atom is -0.496 e. The van der Waals surface area contributed by atoms with Crippen LogP contribution in [0, 0.1) is 0 Å². The zero-order chi connectivity index (χ0) is 22.4. The van der Waals surface area contributed by atoms with Crippen molar-refractivity contribution in [3.05, 3.63) is 60.0 Å². The summed E-state index contributed by atoms with van der Waals surface area (Å²) in [6.07, 6.45) is -2.56. The van der Waals surface area contributed by atoms with Gasteiger partial charge in [-0.25, -0.2) is 4.98 Å². The number of oxazole rings is 1. The van der Waals surface area contributed by atoms with Crippen LogP contribution in [0.25, 0.3) is 11.5 Å². The minimum atomic E-state index is -4.48. The lowest BCUT2D eigenvalue weighted by molar-refractivity contribution is -0.153. The number of nitrogens with zero attached hydrogens (tertiary/aromatic N) is 1. The smallest absolute Gasteiger partial charge is 0.422 e. The molecule has 0 saturated heterocycles. The first-order valence-electron chi connectivity index (χ1n) is 9.29. The third-order valence-electron chi connectivity index (χ3n) is 4.37. The summed E-state index contributed by atoms with van der Waals surface area (Å²) in [5.41, 5.74) is 1.43. The van der Waals surface area contributed by atoms with Gasteiger partial charge < -0.3 is 18.6 Å². The van der Waals surface area contributed by atoms with E-state index in [9.17, 15) is 18.0 Å². The van der Waals surface area contributed by atoms with Gasteiger partial charge in [0, 0.05) is 18.4 Å². The highest BCUT2D eigenvalue weighted by Crippen LogP contribution is 2.33. The number of rotatable bonds is 9. The molecule has 0 atom stereocenters. The molecule has 0 saturated carbocycles. The number of benzene rings is 2. The fourth-order valence-corrected chi connectivity index (χ4v) is 2.89. The number of hydrogen-bond acceptors (Lipinski definition) is 6. The summed E-state index contributed by atoms with van der Waals surface area (Å²) in [6.45, 7) is -1.45. The second-order valence-corrected chi connectivity index (χ2v) is 6.54. The Morgan fingerprint density at radius 1 is 1.03 bits per heavy atom. The Labute approximate surface area is 176 Å². The zero-order valence-electron chi connectivity index (χ0n) is 16.9. The Morgan fingerprint density at radius 3 is 2.48 bits per heavy atom. The second kappa shape index (κ2) is 9.55. The normalized spacial score (nSPS) is 11.3. The van der Waals surface area contributed by atoms with Crippen molar-refractivity contribution in [3.63, 3.8) is 0 Å². The maximum atomic E-state index is 12.5. The van der Waals surface area contributed by atoms with Crippen LogP contribution in [0.15, 0.2) is 53.1 Å². The van der Waals surface area contributed by atoms with Crippen LogP contribution >= 0.6 is 0 Å². The van der Waals surface area contributed by atoms with Gasteiger partial charge in [-0.05, 0) is 30.3 Å². The van der Waals surface area contributed by atoms with Gasteiger partial charge in [0.2, 0.25) is 5.89 Å². The van der Waals surface area contributed by atoms with Crippen LogP contribution in [-0.4, -0.2) is 37.8 Å². The van der Waals surface area contributed by atoms with E-state index in [1.807, 2.05) is 0 Å². The quantitative estimate of drug-likeness (QED) is 0.435. The van der Waals surface area contributed by atoms with E-state index < -0.39 is 12.8 Å². The van der Waals surface area contributed by atoms with Crippen LogP contribution in [0.5, 0.6) is 17.2 Å². The van der Waals surface area contributed by atoms with Crippen molar-refractivity contribution in [2.75, 3.05) is 20.8 Å². The molecule has 0 spiro atoms. The SMILES string of the molecule is COc1ccc(-c2nc(CCC(=O)c3ccccc3OC)co2)cc1OCC(F)(F)F. The molecule has 0 unspecified atom stereocenters. The number of carbonyl (C=O) groups excluding carboxylic acids is 1. The third kappa shape index (κ3) is 5.78. The number of hydrogen-bond donors (Lipinski definition) is 0. The van der Waals surface area contributed by atoms with Crippen LogP contribution < -0.4 is 14.2 Å². The standard InChI is InChI=1S/C22H20F3NO5/c1-28-18-6-4-3-5-16(18)17(27)9-8-15-12-30-21(26-15)14-7-10-19(29-2)20(11-14)31-13-22(23,24)25/h3-7,10-12H,8-9,13H2,1-2H3. The molecule has 0 aliphatic carbocycles. The van der Waals surface area contributed by atoms with Crippen LogP contribution in [0.3, 0.4) is 0 Å². The maximum Gasteiger partial charge on any atom is 0.422 e. The van der Waals surface area contributed by atoms with E-state index in [0.717, 1.165) is 0 Å². The molecule has 0 aliphatic rings. The van der Waals surface area contributed by atoms with Crippen LogP contribution in [0.4, 0.5) is 13.2 Å². The van der Waals surface area contributed by atoms with E-state index in [0.29, 0.717) is 29.0 Å². The summed E-state index contributed by atoms with van der Waals surface area (Å²) in [5, 5.41) is 0. The molecule has 0 N–H and O–H groups in total. The molecule has 31 heavy (non-hydrogen) atoms. The molecule has 3 rings (SSSR count). The minimum absolute atomic E-state index is 0.0802. The topological polar surface area (TPSA) is 70.8 Å².